The summed E-state index contributed by atoms with van der Waals surface area (Å²) in [5, 5.41) is 3.06. The number of rotatable bonds is 9. The van der Waals surface area contributed by atoms with E-state index >= 15 is 0 Å². The van der Waals surface area contributed by atoms with Crippen LogP contribution in [0, 0.1) is 5.92 Å². The number of nitrogens with one attached hydrogen (secondary N) is 1. The fourth-order valence-electron chi connectivity index (χ4n) is 4.09. The minimum Gasteiger partial charge on any atom is -0.468 e. The van der Waals surface area contributed by atoms with E-state index in [2.05, 4.69) is 31.0 Å². The number of likely N-dealkylation sites (N-methyl/N-ethyl adjacent to an activating group) is 1. The summed E-state index contributed by atoms with van der Waals surface area (Å²) in [7, 11) is 0. The number of nitrogens with zero attached hydrogens (tertiary/aromatic N) is 2. The smallest absolute Gasteiger partial charge is 0.227 e. The third kappa shape index (κ3) is 4.70. The first-order valence-corrected chi connectivity index (χ1v) is 10.5. The number of amides is 2. The van der Waals surface area contributed by atoms with Crippen LogP contribution in [0.3, 0.4) is 0 Å². The summed E-state index contributed by atoms with van der Waals surface area (Å²) in [6, 6.07) is 11.7. The number of carbonyl (C=O) groups is 2. The van der Waals surface area contributed by atoms with Crippen molar-refractivity contribution < 1.29 is 14.0 Å². The molecule has 3 rings (SSSR count). The van der Waals surface area contributed by atoms with Crippen molar-refractivity contribution in [3.63, 3.8) is 0 Å². The van der Waals surface area contributed by atoms with Crippen LogP contribution in [0.1, 0.15) is 44.6 Å². The minimum atomic E-state index is -0.332. The maximum absolute atomic E-state index is 12.9. The van der Waals surface area contributed by atoms with Crippen LogP contribution in [0.25, 0.3) is 0 Å². The lowest BCUT2D eigenvalue weighted by atomic mass is 10.1. The van der Waals surface area contributed by atoms with Gasteiger partial charge in [-0.05, 0) is 43.3 Å². The fourth-order valence-corrected chi connectivity index (χ4v) is 4.09. The molecule has 0 spiro atoms. The molecule has 2 aromatic rings. The van der Waals surface area contributed by atoms with Gasteiger partial charge in [0, 0.05) is 25.2 Å². The van der Waals surface area contributed by atoms with E-state index in [4.69, 9.17) is 4.42 Å². The molecule has 1 fully saturated rings. The number of furan rings is 1. The normalized spacial score (nSPS) is 17.7. The average Bonchev–Trinajstić information content (AvgIpc) is 3.40. The van der Waals surface area contributed by atoms with Crippen molar-refractivity contribution in [2.24, 2.45) is 5.92 Å². The van der Waals surface area contributed by atoms with E-state index in [0.29, 0.717) is 13.1 Å². The Kier molecular flexibility index (Phi) is 7.09. The van der Waals surface area contributed by atoms with E-state index in [0.717, 1.165) is 36.5 Å². The van der Waals surface area contributed by atoms with Gasteiger partial charge in [-0.3, -0.25) is 14.5 Å². The van der Waals surface area contributed by atoms with Gasteiger partial charge in [0.25, 0.3) is 0 Å². The number of benzene rings is 1. The largest absolute Gasteiger partial charge is 0.468 e. The molecule has 6 nitrogen and oxygen atoms in total. The van der Waals surface area contributed by atoms with E-state index in [1.54, 1.807) is 11.2 Å². The van der Waals surface area contributed by atoms with Gasteiger partial charge in [-0.2, -0.15) is 0 Å². The Bertz CT molecular complexity index is 815. The fraction of sp³-hybridized carbons (Fsp3) is 0.478. The van der Waals surface area contributed by atoms with Gasteiger partial charge in [0.2, 0.25) is 11.8 Å². The van der Waals surface area contributed by atoms with Crippen LogP contribution in [-0.4, -0.2) is 42.9 Å². The highest BCUT2D eigenvalue weighted by Gasteiger charge is 2.36. The molecular formula is C23H31N3O3. The molecule has 1 N–H and O–H groups in total. The Morgan fingerprint density at radius 3 is 2.62 bits per heavy atom. The number of carbonyl (C=O) groups excluding carboxylic acids is 2. The predicted molar refractivity (Wildman–Crippen MR) is 114 cm³/mol. The van der Waals surface area contributed by atoms with Crippen LogP contribution in [0.2, 0.25) is 0 Å². The number of para-hydroxylation sites is 1. The van der Waals surface area contributed by atoms with E-state index in [9.17, 15) is 9.59 Å². The minimum absolute atomic E-state index is 0.0115. The zero-order valence-electron chi connectivity index (χ0n) is 17.6. The molecule has 2 heterocycles. The van der Waals surface area contributed by atoms with Crippen molar-refractivity contribution in [1.29, 1.82) is 0 Å². The third-order valence-corrected chi connectivity index (χ3v) is 5.75. The first-order valence-electron chi connectivity index (χ1n) is 10.5. The quantitative estimate of drug-likeness (QED) is 0.704. The number of hydrogen-bond donors (Lipinski definition) is 1. The standard InChI is InChI=1S/C23H31N3O3/c1-4-17-10-7-8-11-19(17)26-16-18(14-22(26)27)23(28)24-15-20(25(5-2)6-3)21-12-9-13-29-21/h7-13,18,20H,4-6,14-16H2,1-3H3,(H,24,28). The maximum Gasteiger partial charge on any atom is 0.227 e. The summed E-state index contributed by atoms with van der Waals surface area (Å²) in [5.74, 6) is 0.451. The Morgan fingerprint density at radius 2 is 1.97 bits per heavy atom. The molecule has 156 valence electrons. The second kappa shape index (κ2) is 9.74. The second-order valence-electron chi connectivity index (χ2n) is 7.39. The highest BCUT2D eigenvalue weighted by Crippen LogP contribution is 2.29. The van der Waals surface area contributed by atoms with Crippen LogP contribution in [0.15, 0.2) is 47.1 Å². The third-order valence-electron chi connectivity index (χ3n) is 5.75. The van der Waals surface area contributed by atoms with Gasteiger partial charge in [0.05, 0.1) is 18.2 Å². The zero-order chi connectivity index (χ0) is 20.8. The van der Waals surface area contributed by atoms with Crippen LogP contribution >= 0.6 is 0 Å². The van der Waals surface area contributed by atoms with Crippen molar-refractivity contribution in [3.05, 3.63) is 54.0 Å². The number of aryl methyl sites for hydroxylation is 1. The molecule has 2 unspecified atom stereocenters. The summed E-state index contributed by atoms with van der Waals surface area (Å²) in [4.78, 5) is 29.5. The summed E-state index contributed by atoms with van der Waals surface area (Å²) >= 11 is 0. The highest BCUT2D eigenvalue weighted by molar-refractivity contribution is 6.00. The highest BCUT2D eigenvalue weighted by atomic mass is 16.3. The number of anilines is 1. The maximum atomic E-state index is 12.9. The molecule has 29 heavy (non-hydrogen) atoms. The molecule has 0 bridgehead atoms. The average molecular weight is 398 g/mol. The van der Waals surface area contributed by atoms with E-state index in [-0.39, 0.29) is 30.2 Å². The lowest BCUT2D eigenvalue weighted by molar-refractivity contribution is -0.126. The number of hydrogen-bond acceptors (Lipinski definition) is 4. The molecule has 1 aliphatic rings. The zero-order valence-corrected chi connectivity index (χ0v) is 17.6. The molecule has 1 aliphatic heterocycles. The summed E-state index contributed by atoms with van der Waals surface area (Å²) < 4.78 is 5.60. The van der Waals surface area contributed by atoms with Gasteiger partial charge in [-0.25, -0.2) is 0 Å². The molecule has 1 aromatic heterocycles. The van der Waals surface area contributed by atoms with Gasteiger partial charge < -0.3 is 14.6 Å². The Morgan fingerprint density at radius 1 is 1.21 bits per heavy atom. The SMILES string of the molecule is CCc1ccccc1N1CC(C(=O)NCC(c2ccco2)N(CC)CC)CC1=O. The van der Waals surface area contributed by atoms with Crippen LogP contribution in [0.5, 0.6) is 0 Å². The van der Waals surface area contributed by atoms with Crippen molar-refractivity contribution in [1.82, 2.24) is 10.2 Å². The molecular weight excluding hydrogens is 366 g/mol. The summed E-state index contributed by atoms with van der Waals surface area (Å²) in [5.41, 5.74) is 2.05. The molecule has 0 aliphatic carbocycles. The lowest BCUT2D eigenvalue weighted by Gasteiger charge is -2.28. The van der Waals surface area contributed by atoms with E-state index in [1.807, 2.05) is 36.4 Å². The first-order chi connectivity index (χ1) is 14.1. The first kappa shape index (κ1) is 21.1. The molecule has 2 amide bonds. The molecule has 1 saturated heterocycles. The predicted octanol–water partition coefficient (Wildman–Crippen LogP) is 3.39. The molecule has 2 atom stereocenters. The molecule has 0 saturated carbocycles. The van der Waals surface area contributed by atoms with Gasteiger partial charge in [0.15, 0.2) is 0 Å². The topological polar surface area (TPSA) is 65.8 Å². The lowest BCUT2D eigenvalue weighted by Crippen LogP contribution is -2.40. The Hall–Kier alpha value is -2.60. The molecule has 6 heteroatoms. The van der Waals surface area contributed by atoms with Gasteiger partial charge in [-0.1, -0.05) is 39.0 Å². The van der Waals surface area contributed by atoms with Gasteiger partial charge in [-0.15, -0.1) is 0 Å². The Labute approximate surface area is 172 Å². The van der Waals surface area contributed by atoms with Crippen LogP contribution in [-0.2, 0) is 16.0 Å². The van der Waals surface area contributed by atoms with Crippen LogP contribution < -0.4 is 10.2 Å². The molecule has 0 radical (unpaired) electrons. The van der Waals surface area contributed by atoms with Crippen LogP contribution in [0.4, 0.5) is 5.69 Å². The van der Waals surface area contributed by atoms with E-state index < -0.39 is 0 Å². The van der Waals surface area contributed by atoms with Crippen molar-refractivity contribution in [2.75, 3.05) is 31.1 Å². The second-order valence-corrected chi connectivity index (χ2v) is 7.39. The summed E-state index contributed by atoms with van der Waals surface area (Å²) in [6.07, 6.45) is 2.76. The van der Waals surface area contributed by atoms with Crippen molar-refractivity contribution in [3.8, 4) is 0 Å². The molecule has 1 aromatic carbocycles. The van der Waals surface area contributed by atoms with E-state index in [1.165, 1.54) is 0 Å². The monoisotopic (exact) mass is 397 g/mol. The van der Waals surface area contributed by atoms with Gasteiger partial charge >= 0.3 is 0 Å². The van der Waals surface area contributed by atoms with Gasteiger partial charge in [0.1, 0.15) is 5.76 Å². The van der Waals surface area contributed by atoms with Crippen molar-refractivity contribution in [2.45, 2.75) is 39.7 Å². The summed E-state index contributed by atoms with van der Waals surface area (Å²) in [6.45, 7) is 8.89. The van der Waals surface area contributed by atoms with Crippen molar-refractivity contribution >= 4 is 17.5 Å². The Balaban J connectivity index is 1.65.